The van der Waals surface area contributed by atoms with Crippen molar-refractivity contribution in [2.75, 3.05) is 0 Å². The largest absolute Gasteiger partial charge is 0.277 e. The molecule has 4 heteroatoms. The Labute approximate surface area is 349 Å². The maximum atomic E-state index is 5.56. The van der Waals surface area contributed by atoms with Gasteiger partial charge in [-0.2, -0.15) is 0 Å². The van der Waals surface area contributed by atoms with Crippen LogP contribution in [0, 0.1) is 0 Å². The van der Waals surface area contributed by atoms with Crippen LogP contribution in [0.2, 0.25) is 0 Å². The van der Waals surface area contributed by atoms with Gasteiger partial charge in [0.25, 0.3) is 0 Å². The van der Waals surface area contributed by atoms with Gasteiger partial charge in [-0.25, -0.2) is 9.97 Å². The predicted octanol–water partition coefficient (Wildman–Crippen LogP) is 15.6. The Kier molecular flexibility index (Phi) is 7.18. The van der Waals surface area contributed by atoms with Gasteiger partial charge in [-0.15, -0.1) is 11.3 Å². The molecule has 3 aromatic heterocycles. The van der Waals surface area contributed by atoms with Crippen LogP contribution in [0.4, 0.5) is 0 Å². The number of rotatable bonds is 4. The van der Waals surface area contributed by atoms with Gasteiger partial charge in [0.15, 0.2) is 0 Å². The topological polar surface area (TPSA) is 30.7 Å². The zero-order valence-corrected chi connectivity index (χ0v) is 33.1. The highest BCUT2D eigenvalue weighted by Crippen LogP contribution is 2.47. The van der Waals surface area contributed by atoms with Crippen molar-refractivity contribution < 1.29 is 0 Å². The molecule has 13 rings (SSSR count). The molecule has 60 heavy (non-hydrogen) atoms. The number of aromatic nitrogens is 3. The molecule has 0 aliphatic rings. The zero-order valence-electron chi connectivity index (χ0n) is 32.3. The number of benzene rings is 10. The molecule has 0 atom stereocenters. The van der Waals surface area contributed by atoms with Gasteiger partial charge in [-0.3, -0.25) is 4.57 Å². The highest BCUT2D eigenvalue weighted by Gasteiger charge is 2.24. The molecule has 0 aliphatic heterocycles. The maximum absolute atomic E-state index is 5.56. The van der Waals surface area contributed by atoms with Crippen molar-refractivity contribution >= 4 is 96.5 Å². The van der Waals surface area contributed by atoms with Crippen LogP contribution in [0.1, 0.15) is 0 Å². The summed E-state index contributed by atoms with van der Waals surface area (Å²) in [4.78, 5) is 11.0. The van der Waals surface area contributed by atoms with E-state index in [9.17, 15) is 0 Å². The van der Waals surface area contributed by atoms with Gasteiger partial charge < -0.3 is 0 Å². The third-order valence-corrected chi connectivity index (χ3v) is 13.6. The van der Waals surface area contributed by atoms with E-state index >= 15 is 0 Å². The number of thiophene rings is 1. The highest BCUT2D eigenvalue weighted by molar-refractivity contribution is 7.26. The number of nitrogens with zero attached hydrogens (tertiary/aromatic N) is 3. The summed E-state index contributed by atoms with van der Waals surface area (Å²) in [5.41, 5.74) is 9.86. The summed E-state index contributed by atoms with van der Waals surface area (Å²) in [6, 6.07) is 72.5. The Morgan fingerprint density at radius 2 is 1.05 bits per heavy atom. The normalized spacial score (nSPS) is 12.0. The van der Waals surface area contributed by atoms with Crippen molar-refractivity contribution in [1.82, 2.24) is 14.5 Å². The number of hydrogen-bond donors (Lipinski definition) is 0. The van der Waals surface area contributed by atoms with E-state index in [2.05, 4.69) is 205 Å². The smallest absolute Gasteiger partial charge is 0.235 e. The van der Waals surface area contributed by atoms with E-state index < -0.39 is 0 Å². The summed E-state index contributed by atoms with van der Waals surface area (Å²) in [7, 11) is 0. The first-order valence-electron chi connectivity index (χ1n) is 20.4. The average molecular weight is 780 g/mol. The van der Waals surface area contributed by atoms with Crippen molar-refractivity contribution in [3.63, 3.8) is 0 Å². The molecule has 13 aromatic rings. The molecule has 0 saturated carbocycles. The van der Waals surface area contributed by atoms with E-state index in [0.717, 1.165) is 33.2 Å². The molecule has 278 valence electrons. The van der Waals surface area contributed by atoms with Gasteiger partial charge in [0.1, 0.15) is 0 Å². The van der Waals surface area contributed by atoms with Crippen LogP contribution in [-0.4, -0.2) is 14.5 Å². The zero-order chi connectivity index (χ0) is 39.3. The predicted molar refractivity (Wildman–Crippen MR) is 256 cm³/mol. The van der Waals surface area contributed by atoms with Crippen LogP contribution >= 0.6 is 11.3 Å². The van der Waals surface area contributed by atoms with Gasteiger partial charge in [0, 0.05) is 52.7 Å². The summed E-state index contributed by atoms with van der Waals surface area (Å²) >= 11 is 1.88. The first-order chi connectivity index (χ1) is 29.8. The fourth-order valence-corrected chi connectivity index (χ4v) is 10.9. The van der Waals surface area contributed by atoms with Crippen LogP contribution in [-0.2, 0) is 0 Å². The maximum Gasteiger partial charge on any atom is 0.235 e. The molecule has 0 amide bonds. The number of hydrogen-bond acceptors (Lipinski definition) is 3. The van der Waals surface area contributed by atoms with E-state index in [1.165, 1.54) is 85.5 Å². The first-order valence-corrected chi connectivity index (χ1v) is 21.2. The van der Waals surface area contributed by atoms with Crippen molar-refractivity contribution in [3.8, 4) is 39.5 Å². The van der Waals surface area contributed by atoms with Crippen LogP contribution in [0.3, 0.4) is 0 Å². The van der Waals surface area contributed by atoms with Gasteiger partial charge in [-0.05, 0) is 68.1 Å². The second kappa shape index (κ2) is 12.9. The lowest BCUT2D eigenvalue weighted by Gasteiger charge is -2.14. The van der Waals surface area contributed by atoms with E-state index in [0.29, 0.717) is 5.95 Å². The number of para-hydroxylation sites is 1. The van der Waals surface area contributed by atoms with E-state index in [-0.39, 0.29) is 0 Å². The number of fused-ring (bicyclic) bond motifs is 14. The lowest BCUT2D eigenvalue weighted by Crippen LogP contribution is -2.04. The Bertz CT molecular complexity index is 3880. The fraction of sp³-hybridized carbons (Fsp3) is 0. The van der Waals surface area contributed by atoms with Gasteiger partial charge in [0.05, 0.1) is 22.2 Å². The molecule has 0 fully saturated rings. The van der Waals surface area contributed by atoms with E-state index in [1.807, 2.05) is 11.3 Å². The third-order valence-electron chi connectivity index (χ3n) is 12.4. The van der Waals surface area contributed by atoms with Gasteiger partial charge >= 0.3 is 0 Å². The molecule has 0 unspecified atom stereocenters. The summed E-state index contributed by atoms with van der Waals surface area (Å²) in [5, 5.41) is 13.3. The summed E-state index contributed by atoms with van der Waals surface area (Å²) in [5.74, 6) is 0.653. The molecule has 10 aromatic carbocycles. The lowest BCUT2D eigenvalue weighted by molar-refractivity contribution is 1.02. The fourth-order valence-electron chi connectivity index (χ4n) is 9.67. The van der Waals surface area contributed by atoms with Crippen molar-refractivity contribution in [3.05, 3.63) is 200 Å². The minimum Gasteiger partial charge on any atom is -0.277 e. The molecule has 3 heterocycles. The molecule has 0 aliphatic carbocycles. The second-order valence-electron chi connectivity index (χ2n) is 15.7. The third kappa shape index (κ3) is 4.89. The van der Waals surface area contributed by atoms with Crippen LogP contribution in [0.5, 0.6) is 0 Å². The summed E-state index contributed by atoms with van der Waals surface area (Å²) in [6.45, 7) is 0. The Balaban J connectivity index is 1.16. The van der Waals surface area contributed by atoms with E-state index in [1.54, 1.807) is 0 Å². The van der Waals surface area contributed by atoms with Gasteiger partial charge in [-0.1, -0.05) is 176 Å². The van der Waals surface area contributed by atoms with Crippen molar-refractivity contribution in [2.24, 2.45) is 0 Å². The molecule has 0 radical (unpaired) electrons. The molecular formula is C56H33N3S. The Morgan fingerprint density at radius 1 is 0.383 bits per heavy atom. The molecule has 0 saturated heterocycles. The summed E-state index contributed by atoms with van der Waals surface area (Å²) in [6.07, 6.45) is 0. The standard InChI is InChI=1S/C56H33N3S/c1-2-13-34(14-3-1)35-25-27-37(28-26-35)53-46-20-8-10-23-48(46)57-56(58-53)59-49-32-30-38(40-21-12-22-45-42-18-9-11-24-50(42)60-55(40)45)33-47(49)52-51-39-16-5-4-15-36(39)29-31-43(51)41-17-6-7-19-44(41)54(52)59/h1-33H. The molecular weight excluding hydrogens is 747 g/mol. The quantitative estimate of drug-likeness (QED) is 0.167. The van der Waals surface area contributed by atoms with Crippen LogP contribution < -0.4 is 0 Å². The second-order valence-corrected chi connectivity index (χ2v) is 16.7. The highest BCUT2D eigenvalue weighted by atomic mass is 32.1. The SMILES string of the molecule is c1ccc(-c2ccc(-c3nc(-n4c5ccc(-c6cccc7c6sc6ccccc67)cc5c5c6c7ccccc7ccc6c6ccccc6c54)nc4ccccc34)cc2)cc1. The van der Waals surface area contributed by atoms with Crippen molar-refractivity contribution in [2.45, 2.75) is 0 Å². The Hall–Kier alpha value is -7.66. The van der Waals surface area contributed by atoms with E-state index in [4.69, 9.17) is 9.97 Å². The average Bonchev–Trinajstić information content (AvgIpc) is 3.88. The molecule has 0 N–H and O–H groups in total. The van der Waals surface area contributed by atoms with Crippen LogP contribution in [0.15, 0.2) is 200 Å². The minimum absolute atomic E-state index is 0.653. The molecule has 0 bridgehead atoms. The minimum atomic E-state index is 0.653. The van der Waals surface area contributed by atoms with Crippen molar-refractivity contribution in [1.29, 1.82) is 0 Å². The Morgan fingerprint density at radius 3 is 1.92 bits per heavy atom. The molecule has 0 spiro atoms. The van der Waals surface area contributed by atoms with Gasteiger partial charge in [0.2, 0.25) is 5.95 Å². The lowest BCUT2D eigenvalue weighted by atomic mass is 9.92. The van der Waals surface area contributed by atoms with Crippen LogP contribution in [0.25, 0.3) is 125 Å². The summed E-state index contributed by atoms with van der Waals surface area (Å²) < 4.78 is 4.95. The molecule has 3 nitrogen and oxygen atoms in total. The first kappa shape index (κ1) is 33.3. The monoisotopic (exact) mass is 779 g/mol.